The molecule has 1 aliphatic heterocycles. The van der Waals surface area contributed by atoms with Crippen molar-refractivity contribution in [2.45, 2.75) is 19.9 Å². The zero-order chi connectivity index (χ0) is 12.5. The Hall–Kier alpha value is -2.11. The topological polar surface area (TPSA) is 72.9 Å². The van der Waals surface area contributed by atoms with Gasteiger partial charge < -0.3 is 10.6 Å². The number of nitrogens with two attached hydrogens (primary N) is 1. The van der Waals surface area contributed by atoms with E-state index in [0.29, 0.717) is 12.2 Å². The minimum Gasteiger partial charge on any atom is -0.396 e. The van der Waals surface area contributed by atoms with Gasteiger partial charge in [0.2, 0.25) is 5.95 Å². The maximum atomic E-state index is 5.64. The lowest BCUT2D eigenvalue weighted by Crippen LogP contribution is -2.38. The Kier molecular flexibility index (Phi) is 2.62. The van der Waals surface area contributed by atoms with E-state index in [1.807, 2.05) is 19.3 Å². The summed E-state index contributed by atoms with van der Waals surface area (Å²) in [5.41, 5.74) is 8.38. The number of hydrogen-bond acceptors (Lipinski definition) is 5. The van der Waals surface area contributed by atoms with Gasteiger partial charge in [-0.05, 0) is 13.3 Å². The van der Waals surface area contributed by atoms with Crippen molar-refractivity contribution in [3.8, 4) is 0 Å². The molecule has 6 heteroatoms. The van der Waals surface area contributed by atoms with E-state index in [-0.39, 0.29) is 0 Å². The molecule has 94 valence electrons. The number of aromatic nitrogens is 4. The van der Waals surface area contributed by atoms with Crippen molar-refractivity contribution in [1.29, 1.82) is 0 Å². The van der Waals surface area contributed by atoms with Gasteiger partial charge in [0.05, 0.1) is 18.4 Å². The molecule has 3 rings (SSSR count). The average molecular weight is 244 g/mol. The first kappa shape index (κ1) is 11.0. The molecule has 0 atom stereocenters. The van der Waals surface area contributed by atoms with Crippen LogP contribution in [0.15, 0.2) is 18.6 Å². The van der Waals surface area contributed by atoms with E-state index in [4.69, 9.17) is 5.73 Å². The molecule has 1 fully saturated rings. The number of hydrogen-bond donors (Lipinski definition) is 1. The Balaban J connectivity index is 1.80. The van der Waals surface area contributed by atoms with Crippen LogP contribution in [-0.4, -0.2) is 32.8 Å². The lowest BCUT2D eigenvalue weighted by atomic mass is 10.2. The molecule has 6 nitrogen and oxygen atoms in total. The Morgan fingerprint density at radius 1 is 1.33 bits per heavy atom. The van der Waals surface area contributed by atoms with Crippen molar-refractivity contribution in [1.82, 2.24) is 19.7 Å². The molecule has 2 aromatic rings. The Morgan fingerprint density at radius 2 is 2.17 bits per heavy atom. The Bertz CT molecular complexity index is 557. The minimum absolute atomic E-state index is 0.656. The van der Waals surface area contributed by atoms with Gasteiger partial charge in [0.25, 0.3) is 0 Å². The second-order valence-corrected chi connectivity index (χ2v) is 4.59. The van der Waals surface area contributed by atoms with E-state index in [9.17, 15) is 0 Å². The third-order valence-corrected chi connectivity index (χ3v) is 3.19. The molecular weight excluding hydrogens is 228 g/mol. The minimum atomic E-state index is 0.656. The van der Waals surface area contributed by atoms with Crippen molar-refractivity contribution in [3.63, 3.8) is 0 Å². The van der Waals surface area contributed by atoms with Gasteiger partial charge in [-0.25, -0.2) is 9.97 Å². The predicted molar refractivity (Wildman–Crippen MR) is 69.3 cm³/mol. The maximum Gasteiger partial charge on any atom is 0.225 e. The molecule has 0 amide bonds. The van der Waals surface area contributed by atoms with Gasteiger partial charge >= 0.3 is 0 Å². The Labute approximate surface area is 105 Å². The molecule has 0 bridgehead atoms. The third kappa shape index (κ3) is 2.01. The molecule has 2 N–H and O–H groups in total. The molecule has 0 radical (unpaired) electrons. The molecule has 2 aromatic heterocycles. The van der Waals surface area contributed by atoms with Crippen LogP contribution in [0.1, 0.15) is 17.7 Å². The summed E-state index contributed by atoms with van der Waals surface area (Å²) >= 11 is 0. The highest BCUT2D eigenvalue weighted by molar-refractivity contribution is 5.36. The first-order valence-corrected chi connectivity index (χ1v) is 6.08. The smallest absolute Gasteiger partial charge is 0.225 e. The molecule has 0 aromatic carbocycles. The van der Waals surface area contributed by atoms with Crippen molar-refractivity contribution in [2.24, 2.45) is 0 Å². The van der Waals surface area contributed by atoms with Gasteiger partial charge in [-0.15, -0.1) is 0 Å². The van der Waals surface area contributed by atoms with Gasteiger partial charge in [0.1, 0.15) is 0 Å². The van der Waals surface area contributed by atoms with Gasteiger partial charge in [-0.3, -0.25) is 4.68 Å². The zero-order valence-corrected chi connectivity index (χ0v) is 10.4. The van der Waals surface area contributed by atoms with Crippen molar-refractivity contribution >= 4 is 11.6 Å². The average Bonchev–Trinajstić information content (AvgIpc) is 2.66. The largest absolute Gasteiger partial charge is 0.396 e. The maximum absolute atomic E-state index is 5.64. The molecule has 0 aliphatic carbocycles. The monoisotopic (exact) mass is 244 g/mol. The first-order valence-electron chi connectivity index (χ1n) is 6.08. The van der Waals surface area contributed by atoms with Gasteiger partial charge in [0, 0.05) is 36.7 Å². The number of anilines is 2. The van der Waals surface area contributed by atoms with Crippen LogP contribution >= 0.6 is 0 Å². The van der Waals surface area contributed by atoms with E-state index in [1.165, 1.54) is 6.42 Å². The van der Waals surface area contributed by atoms with Crippen LogP contribution in [0.25, 0.3) is 0 Å². The van der Waals surface area contributed by atoms with Crippen LogP contribution in [0.2, 0.25) is 0 Å². The summed E-state index contributed by atoms with van der Waals surface area (Å²) in [5.74, 6) is 0.836. The van der Waals surface area contributed by atoms with E-state index in [0.717, 1.165) is 30.3 Å². The molecule has 1 saturated heterocycles. The fraction of sp³-hybridized carbons (Fsp3) is 0.417. The van der Waals surface area contributed by atoms with Crippen molar-refractivity contribution in [2.75, 3.05) is 23.7 Å². The van der Waals surface area contributed by atoms with E-state index < -0.39 is 0 Å². The van der Waals surface area contributed by atoms with Crippen LogP contribution in [-0.2, 0) is 6.54 Å². The van der Waals surface area contributed by atoms with Crippen LogP contribution in [0.3, 0.4) is 0 Å². The molecule has 0 spiro atoms. The third-order valence-electron chi connectivity index (χ3n) is 3.19. The summed E-state index contributed by atoms with van der Waals surface area (Å²) in [6.07, 6.45) is 6.57. The highest BCUT2D eigenvalue weighted by Gasteiger charge is 2.17. The molecule has 18 heavy (non-hydrogen) atoms. The fourth-order valence-electron chi connectivity index (χ4n) is 1.94. The highest BCUT2D eigenvalue weighted by Crippen LogP contribution is 2.17. The Morgan fingerprint density at radius 3 is 2.72 bits per heavy atom. The number of rotatable bonds is 3. The number of nitrogen functional groups attached to an aromatic ring is 1. The second-order valence-electron chi connectivity index (χ2n) is 4.59. The predicted octanol–water partition coefficient (Wildman–Crippen LogP) is 0.822. The summed E-state index contributed by atoms with van der Waals surface area (Å²) in [4.78, 5) is 11.1. The summed E-state index contributed by atoms with van der Waals surface area (Å²) < 4.78 is 1.80. The van der Waals surface area contributed by atoms with Gasteiger partial charge in [0.15, 0.2) is 0 Å². The summed E-state index contributed by atoms with van der Waals surface area (Å²) in [7, 11) is 0. The quantitative estimate of drug-likeness (QED) is 0.865. The lowest BCUT2D eigenvalue weighted by Gasteiger charge is -2.31. The molecular formula is C12H16N6. The van der Waals surface area contributed by atoms with Gasteiger partial charge in [-0.2, -0.15) is 5.10 Å². The van der Waals surface area contributed by atoms with Crippen LogP contribution < -0.4 is 10.6 Å². The van der Waals surface area contributed by atoms with E-state index in [2.05, 4.69) is 20.0 Å². The van der Waals surface area contributed by atoms with Gasteiger partial charge in [-0.1, -0.05) is 0 Å². The first-order chi connectivity index (χ1) is 8.72. The normalized spacial score (nSPS) is 14.6. The second kappa shape index (κ2) is 4.29. The van der Waals surface area contributed by atoms with Crippen LogP contribution in [0, 0.1) is 6.92 Å². The van der Waals surface area contributed by atoms with Crippen molar-refractivity contribution in [3.05, 3.63) is 29.8 Å². The fourth-order valence-corrected chi connectivity index (χ4v) is 1.94. The zero-order valence-electron chi connectivity index (χ0n) is 10.4. The molecule has 0 saturated carbocycles. The standard InChI is InChI=1S/C12H16N6/c1-9-10(7-18-8-11(13)6-15-18)5-14-12(16-9)17-3-2-4-17/h5-6,8H,2-4,7,13H2,1H3. The number of nitrogens with zero attached hydrogens (tertiary/aromatic N) is 5. The summed E-state index contributed by atoms with van der Waals surface area (Å²) in [6.45, 7) is 4.79. The van der Waals surface area contributed by atoms with E-state index >= 15 is 0 Å². The SMILES string of the molecule is Cc1nc(N2CCC2)ncc1Cn1cc(N)cn1. The lowest BCUT2D eigenvalue weighted by molar-refractivity contribution is 0.596. The van der Waals surface area contributed by atoms with Crippen LogP contribution in [0.4, 0.5) is 11.6 Å². The summed E-state index contributed by atoms with van der Waals surface area (Å²) in [5, 5.41) is 4.16. The highest BCUT2D eigenvalue weighted by atomic mass is 15.3. The molecule has 1 aliphatic rings. The molecule has 0 unspecified atom stereocenters. The number of aryl methyl sites for hydroxylation is 1. The van der Waals surface area contributed by atoms with E-state index in [1.54, 1.807) is 10.9 Å². The van der Waals surface area contributed by atoms with Crippen LogP contribution in [0.5, 0.6) is 0 Å². The molecule has 3 heterocycles. The summed E-state index contributed by atoms with van der Waals surface area (Å²) in [6, 6.07) is 0. The van der Waals surface area contributed by atoms with Crippen molar-refractivity contribution < 1.29 is 0 Å².